The second-order valence-corrected chi connectivity index (χ2v) is 9.52. The first-order valence-electron chi connectivity index (χ1n) is 10.4. The number of imide groups is 1. The maximum atomic E-state index is 13.3. The highest BCUT2D eigenvalue weighted by Crippen LogP contribution is 2.47. The van der Waals surface area contributed by atoms with Gasteiger partial charge >= 0.3 is 0 Å². The maximum absolute atomic E-state index is 13.3. The van der Waals surface area contributed by atoms with Gasteiger partial charge in [-0.15, -0.1) is 11.3 Å². The van der Waals surface area contributed by atoms with Crippen molar-refractivity contribution in [2.45, 2.75) is 39.7 Å². The molecule has 4 heterocycles. The van der Waals surface area contributed by atoms with Crippen LogP contribution in [-0.4, -0.2) is 27.8 Å². The summed E-state index contributed by atoms with van der Waals surface area (Å²) in [4.78, 5) is 27.9. The van der Waals surface area contributed by atoms with Gasteiger partial charge in [-0.2, -0.15) is 0 Å². The van der Waals surface area contributed by atoms with E-state index in [1.54, 1.807) is 11.3 Å². The minimum Gasteiger partial charge on any atom is -0.356 e. The van der Waals surface area contributed by atoms with Crippen LogP contribution >= 0.6 is 11.3 Å². The molecule has 2 aliphatic rings. The van der Waals surface area contributed by atoms with E-state index in [4.69, 9.17) is 0 Å². The summed E-state index contributed by atoms with van der Waals surface area (Å²) < 4.78 is 2.32. The topological polar surface area (TPSA) is 54.3 Å². The van der Waals surface area contributed by atoms with E-state index in [1.807, 2.05) is 6.07 Å². The third kappa shape index (κ3) is 2.89. The van der Waals surface area contributed by atoms with E-state index in [2.05, 4.69) is 59.6 Å². The highest BCUT2D eigenvalue weighted by molar-refractivity contribution is 7.10. The first-order valence-corrected chi connectivity index (χ1v) is 11.3. The van der Waals surface area contributed by atoms with Crippen LogP contribution in [0.5, 0.6) is 0 Å². The molecule has 0 saturated carbocycles. The molecule has 0 saturated heterocycles. The molecular weight excluding hydrogens is 394 g/mol. The number of benzene rings is 1. The standard InChI is InChI=1S/C24H25N3O2S/c1-14(2)9-10-26-12-16-21-17(6-4-7-19(21)26)25-18-13-27(15(3)28)24(29)23(18)22(16)20-8-5-11-30-20/h4-8,11-12,14,22,25H,9-10,13H2,1-3H3. The van der Waals surface area contributed by atoms with Gasteiger partial charge in [0.05, 0.1) is 23.6 Å². The lowest BCUT2D eigenvalue weighted by atomic mass is 9.89. The molecule has 1 aromatic carbocycles. The fourth-order valence-electron chi connectivity index (χ4n) is 4.61. The summed E-state index contributed by atoms with van der Waals surface area (Å²) >= 11 is 1.66. The minimum absolute atomic E-state index is 0.171. The average molecular weight is 420 g/mol. The lowest BCUT2D eigenvalue weighted by Crippen LogP contribution is -2.33. The van der Waals surface area contributed by atoms with E-state index in [1.165, 1.54) is 22.7 Å². The highest BCUT2D eigenvalue weighted by atomic mass is 32.1. The van der Waals surface area contributed by atoms with E-state index in [-0.39, 0.29) is 17.7 Å². The molecule has 5 rings (SSSR count). The average Bonchev–Trinajstić information content (AvgIpc) is 3.40. The molecular formula is C24H25N3O2S. The van der Waals surface area contributed by atoms with E-state index in [0.717, 1.165) is 34.8 Å². The molecule has 1 atom stereocenters. The van der Waals surface area contributed by atoms with E-state index in [9.17, 15) is 9.59 Å². The highest BCUT2D eigenvalue weighted by Gasteiger charge is 2.41. The fourth-order valence-corrected chi connectivity index (χ4v) is 5.46. The molecule has 2 amide bonds. The monoisotopic (exact) mass is 419 g/mol. The van der Waals surface area contributed by atoms with Crippen molar-refractivity contribution < 1.29 is 9.59 Å². The molecule has 0 aliphatic carbocycles. The summed E-state index contributed by atoms with van der Waals surface area (Å²) in [6.07, 6.45) is 3.32. The van der Waals surface area contributed by atoms with Crippen molar-refractivity contribution in [1.82, 2.24) is 9.47 Å². The zero-order chi connectivity index (χ0) is 21.0. The Morgan fingerprint density at radius 3 is 2.80 bits per heavy atom. The van der Waals surface area contributed by atoms with Crippen LogP contribution in [0.3, 0.4) is 0 Å². The summed E-state index contributed by atoms with van der Waals surface area (Å²) in [6.45, 7) is 7.18. The SMILES string of the molecule is CC(=O)N1CC2=C(C1=O)C(c1cccs1)c1cn(CCC(C)C)c3cccc(c13)N2. The van der Waals surface area contributed by atoms with Crippen molar-refractivity contribution in [1.29, 1.82) is 0 Å². The second kappa shape index (κ2) is 7.13. The Labute approximate surface area is 180 Å². The van der Waals surface area contributed by atoms with Gasteiger partial charge in [-0.1, -0.05) is 26.0 Å². The number of nitrogens with one attached hydrogen (secondary N) is 1. The molecule has 0 spiro atoms. The molecule has 1 N–H and O–H groups in total. The number of rotatable bonds is 4. The van der Waals surface area contributed by atoms with Crippen molar-refractivity contribution in [3.63, 3.8) is 0 Å². The summed E-state index contributed by atoms with van der Waals surface area (Å²) in [5.41, 5.74) is 4.88. The molecule has 3 aromatic rings. The summed E-state index contributed by atoms with van der Waals surface area (Å²) in [5.74, 6) is 0.0471. The molecule has 154 valence electrons. The van der Waals surface area contributed by atoms with Crippen LogP contribution in [-0.2, 0) is 16.1 Å². The second-order valence-electron chi connectivity index (χ2n) is 8.54. The Hall–Kier alpha value is -2.86. The number of anilines is 1. The van der Waals surface area contributed by atoms with Gasteiger partial charge < -0.3 is 9.88 Å². The number of hydrogen-bond donors (Lipinski definition) is 1. The van der Waals surface area contributed by atoms with E-state index < -0.39 is 0 Å². The Morgan fingerprint density at radius 2 is 2.10 bits per heavy atom. The van der Waals surface area contributed by atoms with Gasteiger partial charge in [-0.3, -0.25) is 14.5 Å². The maximum Gasteiger partial charge on any atom is 0.259 e. The number of hydrogen-bond acceptors (Lipinski definition) is 4. The van der Waals surface area contributed by atoms with Gasteiger partial charge in [0.15, 0.2) is 0 Å². The number of carbonyl (C=O) groups is 2. The number of amides is 2. The van der Waals surface area contributed by atoms with Gasteiger partial charge in [-0.05, 0) is 41.5 Å². The first-order chi connectivity index (χ1) is 14.5. The zero-order valence-corrected chi connectivity index (χ0v) is 18.3. The predicted octanol–water partition coefficient (Wildman–Crippen LogP) is 4.95. The Morgan fingerprint density at radius 1 is 1.27 bits per heavy atom. The van der Waals surface area contributed by atoms with Crippen LogP contribution in [0.2, 0.25) is 0 Å². The Kier molecular flexibility index (Phi) is 4.54. The summed E-state index contributed by atoms with van der Waals surface area (Å²) in [6, 6.07) is 10.4. The number of thiophene rings is 1. The van der Waals surface area contributed by atoms with Crippen LogP contribution < -0.4 is 5.32 Å². The van der Waals surface area contributed by atoms with Crippen molar-refractivity contribution in [2.75, 3.05) is 11.9 Å². The molecule has 1 unspecified atom stereocenters. The van der Waals surface area contributed by atoms with Crippen LogP contribution in [0.15, 0.2) is 53.2 Å². The van der Waals surface area contributed by atoms with Gasteiger partial charge in [0.25, 0.3) is 5.91 Å². The van der Waals surface area contributed by atoms with Gasteiger partial charge in [0.1, 0.15) is 0 Å². The summed E-state index contributed by atoms with van der Waals surface area (Å²) in [5, 5.41) is 6.75. The van der Waals surface area contributed by atoms with Crippen LogP contribution in [0.1, 0.15) is 43.6 Å². The minimum atomic E-state index is -0.215. The third-order valence-corrected chi connectivity index (χ3v) is 7.03. The normalized spacial score (nSPS) is 18.2. The van der Waals surface area contributed by atoms with Crippen LogP contribution in [0, 0.1) is 5.92 Å². The van der Waals surface area contributed by atoms with Gasteiger partial charge in [0, 0.05) is 41.3 Å². The molecule has 2 aromatic heterocycles. The number of aryl methyl sites for hydroxylation is 1. The first kappa shape index (κ1) is 19.1. The fraction of sp³-hybridized carbons (Fsp3) is 0.333. The number of nitrogens with zero attached hydrogens (tertiary/aromatic N) is 2. The third-order valence-electron chi connectivity index (χ3n) is 6.09. The molecule has 5 nitrogen and oxygen atoms in total. The molecule has 0 fully saturated rings. The quantitative estimate of drug-likeness (QED) is 0.651. The van der Waals surface area contributed by atoms with Crippen molar-refractivity contribution in [3.8, 4) is 0 Å². The number of carbonyl (C=O) groups excluding carboxylic acids is 2. The van der Waals surface area contributed by atoms with Crippen molar-refractivity contribution in [2.24, 2.45) is 5.92 Å². The smallest absolute Gasteiger partial charge is 0.259 e. The molecule has 6 heteroatoms. The van der Waals surface area contributed by atoms with Gasteiger partial charge in [0.2, 0.25) is 5.91 Å². The Bertz CT molecular complexity index is 1190. The van der Waals surface area contributed by atoms with Gasteiger partial charge in [-0.25, -0.2) is 0 Å². The van der Waals surface area contributed by atoms with E-state index >= 15 is 0 Å². The Balaban J connectivity index is 1.73. The summed E-state index contributed by atoms with van der Waals surface area (Å²) in [7, 11) is 0. The van der Waals surface area contributed by atoms with Crippen molar-refractivity contribution in [3.05, 3.63) is 63.6 Å². The molecule has 2 aliphatic heterocycles. The lowest BCUT2D eigenvalue weighted by molar-refractivity contribution is -0.139. The molecule has 0 bridgehead atoms. The van der Waals surface area contributed by atoms with Crippen LogP contribution in [0.25, 0.3) is 10.9 Å². The van der Waals surface area contributed by atoms with Crippen molar-refractivity contribution >= 4 is 39.7 Å². The zero-order valence-electron chi connectivity index (χ0n) is 17.4. The molecule has 0 radical (unpaired) electrons. The van der Waals surface area contributed by atoms with E-state index in [0.29, 0.717) is 18.0 Å². The number of aromatic nitrogens is 1. The predicted molar refractivity (Wildman–Crippen MR) is 121 cm³/mol. The largest absolute Gasteiger partial charge is 0.356 e. The van der Waals surface area contributed by atoms with Crippen LogP contribution in [0.4, 0.5) is 5.69 Å². The lowest BCUT2D eigenvalue weighted by Gasteiger charge is -2.18. The molecule has 30 heavy (non-hydrogen) atoms.